The van der Waals surface area contributed by atoms with Gasteiger partial charge in [0, 0.05) is 0 Å². The van der Waals surface area contributed by atoms with E-state index in [-0.39, 0.29) is 5.41 Å². The Bertz CT molecular complexity index is 204. The SMILES string of the molecule is C=CC(C)(C)C/C=C(\C)C(C)(C)F. The maximum absolute atomic E-state index is 13.4. The molecular weight excluding hydrogens is 163 g/mol. The van der Waals surface area contributed by atoms with E-state index in [9.17, 15) is 4.39 Å². The Morgan fingerprint density at radius 1 is 1.31 bits per heavy atom. The van der Waals surface area contributed by atoms with Crippen LogP contribution in [0.2, 0.25) is 0 Å². The van der Waals surface area contributed by atoms with E-state index in [1.54, 1.807) is 13.8 Å². The average Bonchev–Trinajstić information content (AvgIpc) is 1.98. The molecule has 0 aromatic carbocycles. The Balaban J connectivity index is 4.37. The Morgan fingerprint density at radius 3 is 2.08 bits per heavy atom. The van der Waals surface area contributed by atoms with Crippen molar-refractivity contribution in [1.29, 1.82) is 0 Å². The molecule has 0 aromatic rings. The molecule has 0 spiro atoms. The van der Waals surface area contributed by atoms with Gasteiger partial charge in [-0.25, -0.2) is 4.39 Å². The van der Waals surface area contributed by atoms with E-state index in [0.717, 1.165) is 12.0 Å². The first kappa shape index (κ1) is 12.4. The molecule has 0 N–H and O–H groups in total. The second-order valence-corrected chi connectivity index (χ2v) is 4.76. The molecule has 0 atom stereocenters. The number of halogens is 1. The van der Waals surface area contributed by atoms with Gasteiger partial charge in [0.2, 0.25) is 0 Å². The zero-order valence-electron chi connectivity index (χ0n) is 9.45. The summed E-state index contributed by atoms with van der Waals surface area (Å²) >= 11 is 0. The largest absolute Gasteiger partial charge is 0.240 e. The number of alkyl halides is 1. The van der Waals surface area contributed by atoms with Gasteiger partial charge in [-0.3, -0.25) is 0 Å². The maximum Gasteiger partial charge on any atom is 0.126 e. The van der Waals surface area contributed by atoms with Gasteiger partial charge in [-0.05, 0) is 38.2 Å². The van der Waals surface area contributed by atoms with Gasteiger partial charge in [0.25, 0.3) is 0 Å². The third-order valence-corrected chi connectivity index (χ3v) is 2.42. The third kappa shape index (κ3) is 4.87. The molecule has 0 heterocycles. The lowest BCUT2D eigenvalue weighted by atomic mass is 9.87. The lowest BCUT2D eigenvalue weighted by Crippen LogP contribution is -2.14. The quantitative estimate of drug-likeness (QED) is 0.572. The molecule has 0 amide bonds. The summed E-state index contributed by atoms with van der Waals surface area (Å²) in [4.78, 5) is 0. The van der Waals surface area contributed by atoms with Gasteiger partial charge >= 0.3 is 0 Å². The molecule has 0 aliphatic rings. The normalized spacial score (nSPS) is 14.5. The molecule has 13 heavy (non-hydrogen) atoms. The molecule has 0 saturated heterocycles. The molecule has 0 aliphatic heterocycles. The Morgan fingerprint density at radius 2 is 1.77 bits per heavy atom. The lowest BCUT2D eigenvalue weighted by Gasteiger charge is -2.20. The highest BCUT2D eigenvalue weighted by Crippen LogP contribution is 2.26. The van der Waals surface area contributed by atoms with Gasteiger partial charge in [0.05, 0.1) is 0 Å². The van der Waals surface area contributed by atoms with Crippen molar-refractivity contribution in [1.82, 2.24) is 0 Å². The predicted octanol–water partition coefficient (Wildman–Crippen LogP) is 4.28. The zero-order valence-corrected chi connectivity index (χ0v) is 9.45. The molecular formula is C12H21F. The zero-order chi connectivity index (χ0) is 10.7. The molecule has 0 aliphatic carbocycles. The van der Waals surface area contributed by atoms with Gasteiger partial charge in [-0.2, -0.15) is 0 Å². The first-order chi connectivity index (χ1) is 5.69. The number of hydrogen-bond acceptors (Lipinski definition) is 0. The Hall–Kier alpha value is -0.590. The van der Waals surface area contributed by atoms with Crippen LogP contribution in [0.25, 0.3) is 0 Å². The third-order valence-electron chi connectivity index (χ3n) is 2.42. The molecule has 76 valence electrons. The molecule has 0 unspecified atom stereocenters. The van der Waals surface area contributed by atoms with Gasteiger partial charge in [-0.1, -0.05) is 26.0 Å². The molecule has 0 radical (unpaired) electrons. The van der Waals surface area contributed by atoms with E-state index in [0.29, 0.717) is 0 Å². The van der Waals surface area contributed by atoms with Gasteiger partial charge in [-0.15, -0.1) is 6.58 Å². The van der Waals surface area contributed by atoms with Crippen LogP contribution in [0.1, 0.15) is 41.0 Å². The summed E-state index contributed by atoms with van der Waals surface area (Å²) in [7, 11) is 0. The Kier molecular flexibility index (Phi) is 3.89. The van der Waals surface area contributed by atoms with Crippen molar-refractivity contribution in [3.63, 3.8) is 0 Å². The summed E-state index contributed by atoms with van der Waals surface area (Å²) < 4.78 is 13.4. The minimum atomic E-state index is -1.20. The van der Waals surface area contributed by atoms with E-state index >= 15 is 0 Å². The van der Waals surface area contributed by atoms with Crippen LogP contribution >= 0.6 is 0 Å². The minimum absolute atomic E-state index is 0.0620. The first-order valence-corrected chi connectivity index (χ1v) is 4.69. The monoisotopic (exact) mass is 184 g/mol. The van der Waals surface area contributed by atoms with Crippen LogP contribution in [-0.4, -0.2) is 5.67 Å². The van der Waals surface area contributed by atoms with Crippen molar-refractivity contribution in [3.05, 3.63) is 24.3 Å². The van der Waals surface area contributed by atoms with E-state index in [1.807, 2.05) is 19.1 Å². The molecule has 0 aromatic heterocycles. The van der Waals surface area contributed by atoms with Crippen LogP contribution in [0, 0.1) is 5.41 Å². The molecule has 0 saturated carbocycles. The van der Waals surface area contributed by atoms with Gasteiger partial charge < -0.3 is 0 Å². The van der Waals surface area contributed by atoms with Crippen molar-refractivity contribution in [2.45, 2.75) is 46.7 Å². The fourth-order valence-corrected chi connectivity index (χ4v) is 0.742. The highest BCUT2D eigenvalue weighted by atomic mass is 19.1. The summed E-state index contributed by atoms with van der Waals surface area (Å²) in [5, 5.41) is 0. The summed E-state index contributed by atoms with van der Waals surface area (Å²) in [5.41, 5.74) is -0.341. The molecule has 1 heteroatoms. The second kappa shape index (κ2) is 4.08. The predicted molar refractivity (Wildman–Crippen MR) is 57.5 cm³/mol. The number of allylic oxidation sites excluding steroid dienone is 3. The van der Waals surface area contributed by atoms with Crippen molar-refractivity contribution in [3.8, 4) is 0 Å². The van der Waals surface area contributed by atoms with Gasteiger partial charge in [0.1, 0.15) is 5.67 Å². The number of hydrogen-bond donors (Lipinski definition) is 0. The van der Waals surface area contributed by atoms with E-state index < -0.39 is 5.67 Å². The highest BCUT2D eigenvalue weighted by Gasteiger charge is 2.19. The van der Waals surface area contributed by atoms with Crippen LogP contribution in [0.5, 0.6) is 0 Å². The fraction of sp³-hybridized carbons (Fsp3) is 0.667. The van der Waals surface area contributed by atoms with E-state index in [2.05, 4.69) is 20.4 Å². The second-order valence-electron chi connectivity index (χ2n) is 4.76. The van der Waals surface area contributed by atoms with Crippen molar-refractivity contribution in [2.24, 2.45) is 5.41 Å². The van der Waals surface area contributed by atoms with Crippen LogP contribution in [-0.2, 0) is 0 Å². The van der Waals surface area contributed by atoms with Crippen LogP contribution in [0.15, 0.2) is 24.3 Å². The van der Waals surface area contributed by atoms with Crippen LogP contribution in [0.3, 0.4) is 0 Å². The molecule has 0 rings (SSSR count). The topological polar surface area (TPSA) is 0 Å². The number of rotatable bonds is 4. The lowest BCUT2D eigenvalue weighted by molar-refractivity contribution is 0.266. The maximum atomic E-state index is 13.4. The smallest absolute Gasteiger partial charge is 0.126 e. The molecule has 0 nitrogen and oxygen atoms in total. The summed E-state index contributed by atoms with van der Waals surface area (Å²) in [5.74, 6) is 0. The fourth-order valence-electron chi connectivity index (χ4n) is 0.742. The highest BCUT2D eigenvalue weighted by molar-refractivity contribution is 5.12. The average molecular weight is 184 g/mol. The van der Waals surface area contributed by atoms with Crippen LogP contribution < -0.4 is 0 Å². The van der Waals surface area contributed by atoms with E-state index in [4.69, 9.17) is 0 Å². The first-order valence-electron chi connectivity index (χ1n) is 4.69. The van der Waals surface area contributed by atoms with Crippen molar-refractivity contribution >= 4 is 0 Å². The van der Waals surface area contributed by atoms with Crippen molar-refractivity contribution < 1.29 is 4.39 Å². The minimum Gasteiger partial charge on any atom is -0.240 e. The summed E-state index contributed by atoms with van der Waals surface area (Å²) in [6.45, 7) is 12.9. The summed E-state index contributed by atoms with van der Waals surface area (Å²) in [6.07, 6.45) is 4.71. The molecule has 0 fully saturated rings. The standard InChI is InChI=1S/C12H21F/c1-7-11(3,4)9-8-10(2)12(5,6)13/h7-8H,1,9H2,2-6H3/b10-8+. The van der Waals surface area contributed by atoms with E-state index in [1.165, 1.54) is 0 Å². The van der Waals surface area contributed by atoms with Crippen LogP contribution in [0.4, 0.5) is 4.39 Å². The summed E-state index contributed by atoms with van der Waals surface area (Å²) in [6, 6.07) is 0. The van der Waals surface area contributed by atoms with Crippen molar-refractivity contribution in [2.75, 3.05) is 0 Å². The molecule has 0 bridgehead atoms. The Labute approximate surface area is 81.5 Å². The van der Waals surface area contributed by atoms with Gasteiger partial charge in [0.15, 0.2) is 0 Å².